The van der Waals surface area contributed by atoms with Crippen molar-refractivity contribution in [3.8, 4) is 0 Å². The highest BCUT2D eigenvalue weighted by atomic mass is 79.9. The third kappa shape index (κ3) is 2.64. The number of nitro groups is 1. The molecule has 0 spiro atoms. The molecule has 1 aromatic rings. The average molecular weight is 314 g/mol. The van der Waals surface area contributed by atoms with E-state index in [0.717, 1.165) is 24.0 Å². The summed E-state index contributed by atoms with van der Waals surface area (Å²) in [5.41, 5.74) is 6.73. The zero-order valence-electron chi connectivity index (χ0n) is 10.2. The molecule has 2 rings (SSSR count). The van der Waals surface area contributed by atoms with Crippen LogP contribution < -0.4 is 10.6 Å². The molecule has 0 aliphatic carbocycles. The maximum atomic E-state index is 11.0. The van der Waals surface area contributed by atoms with Crippen LogP contribution in [-0.4, -0.2) is 24.1 Å². The summed E-state index contributed by atoms with van der Waals surface area (Å²) in [5.74, 6) is 0.406. The Labute approximate surface area is 114 Å². The molecule has 2 N–H and O–H groups in total. The van der Waals surface area contributed by atoms with E-state index in [4.69, 9.17) is 5.73 Å². The number of nitrogens with zero attached hydrogens (tertiary/aromatic N) is 2. The topological polar surface area (TPSA) is 72.4 Å². The largest absolute Gasteiger partial charge is 0.366 e. The van der Waals surface area contributed by atoms with Crippen LogP contribution in [-0.2, 0) is 0 Å². The van der Waals surface area contributed by atoms with E-state index in [0.29, 0.717) is 11.6 Å². The van der Waals surface area contributed by atoms with Gasteiger partial charge in [-0.1, -0.05) is 15.9 Å². The van der Waals surface area contributed by atoms with Gasteiger partial charge in [0.2, 0.25) is 0 Å². The second-order valence-corrected chi connectivity index (χ2v) is 5.66. The Hall–Kier alpha value is -1.14. The molecular formula is C12H16BrN3O2. The van der Waals surface area contributed by atoms with Crippen molar-refractivity contribution in [1.82, 2.24) is 0 Å². The number of anilines is 1. The fourth-order valence-electron chi connectivity index (χ4n) is 2.34. The van der Waals surface area contributed by atoms with Gasteiger partial charge in [-0.05, 0) is 31.4 Å². The molecule has 0 bridgehead atoms. The second-order valence-electron chi connectivity index (χ2n) is 4.74. The van der Waals surface area contributed by atoms with E-state index in [2.05, 4.69) is 20.8 Å². The average Bonchev–Trinajstić information content (AvgIpc) is 2.77. The van der Waals surface area contributed by atoms with E-state index in [1.165, 1.54) is 0 Å². The molecule has 6 heteroatoms. The van der Waals surface area contributed by atoms with Gasteiger partial charge in [0.05, 0.1) is 4.92 Å². The minimum absolute atomic E-state index is 0.126. The number of hydrogen-bond acceptors (Lipinski definition) is 4. The standard InChI is InChI=1S/C12H16BrN3O2/c1-8(14)9-4-5-15(7-9)12-6-10(13)2-3-11(12)16(17)18/h2-3,6,8-9H,4-5,7,14H2,1H3. The van der Waals surface area contributed by atoms with Crippen LogP contribution in [0.25, 0.3) is 0 Å². The molecule has 0 saturated carbocycles. The lowest BCUT2D eigenvalue weighted by Crippen LogP contribution is -2.29. The molecular weight excluding hydrogens is 298 g/mol. The van der Waals surface area contributed by atoms with Crippen LogP contribution in [0, 0.1) is 16.0 Å². The van der Waals surface area contributed by atoms with Crippen LogP contribution in [0.15, 0.2) is 22.7 Å². The van der Waals surface area contributed by atoms with E-state index < -0.39 is 0 Å². The van der Waals surface area contributed by atoms with Crippen molar-refractivity contribution in [1.29, 1.82) is 0 Å². The fraction of sp³-hybridized carbons (Fsp3) is 0.500. The van der Waals surface area contributed by atoms with Gasteiger partial charge in [0.1, 0.15) is 5.69 Å². The summed E-state index contributed by atoms with van der Waals surface area (Å²) in [5, 5.41) is 11.0. The molecule has 1 saturated heterocycles. The Kier molecular flexibility index (Phi) is 3.87. The van der Waals surface area contributed by atoms with Gasteiger partial charge in [0.25, 0.3) is 5.69 Å². The molecule has 1 aromatic carbocycles. The van der Waals surface area contributed by atoms with Gasteiger partial charge in [0.15, 0.2) is 0 Å². The molecule has 18 heavy (non-hydrogen) atoms. The number of nitro benzene ring substituents is 1. The molecule has 1 fully saturated rings. The van der Waals surface area contributed by atoms with Gasteiger partial charge >= 0.3 is 0 Å². The zero-order valence-corrected chi connectivity index (χ0v) is 11.8. The molecule has 0 aromatic heterocycles. The predicted octanol–water partition coefficient (Wildman–Crippen LogP) is 2.53. The Bertz CT molecular complexity index is 465. The van der Waals surface area contributed by atoms with Gasteiger partial charge < -0.3 is 10.6 Å². The lowest BCUT2D eigenvalue weighted by Gasteiger charge is -2.20. The summed E-state index contributed by atoms with van der Waals surface area (Å²) in [4.78, 5) is 12.8. The molecule has 1 aliphatic rings. The molecule has 1 heterocycles. The van der Waals surface area contributed by atoms with Crippen molar-refractivity contribution in [3.63, 3.8) is 0 Å². The highest BCUT2D eigenvalue weighted by Gasteiger charge is 2.29. The maximum absolute atomic E-state index is 11.0. The van der Waals surface area contributed by atoms with Crippen molar-refractivity contribution in [2.24, 2.45) is 11.7 Å². The molecule has 1 aliphatic heterocycles. The smallest absolute Gasteiger partial charge is 0.292 e. The fourth-order valence-corrected chi connectivity index (χ4v) is 2.69. The Morgan fingerprint density at radius 3 is 2.89 bits per heavy atom. The number of rotatable bonds is 3. The second kappa shape index (κ2) is 5.24. The monoisotopic (exact) mass is 313 g/mol. The lowest BCUT2D eigenvalue weighted by molar-refractivity contribution is -0.384. The Morgan fingerprint density at radius 1 is 1.61 bits per heavy atom. The number of nitrogens with two attached hydrogens (primary N) is 1. The summed E-state index contributed by atoms with van der Waals surface area (Å²) in [7, 11) is 0. The molecule has 98 valence electrons. The van der Waals surface area contributed by atoms with Gasteiger partial charge in [-0.3, -0.25) is 10.1 Å². The van der Waals surface area contributed by atoms with Gasteiger partial charge in [0, 0.05) is 29.7 Å². The summed E-state index contributed by atoms with van der Waals surface area (Å²) in [6, 6.07) is 5.17. The highest BCUT2D eigenvalue weighted by molar-refractivity contribution is 9.10. The van der Waals surface area contributed by atoms with Crippen LogP contribution in [0.4, 0.5) is 11.4 Å². The minimum Gasteiger partial charge on any atom is -0.366 e. The van der Waals surface area contributed by atoms with E-state index in [1.807, 2.05) is 13.0 Å². The zero-order chi connectivity index (χ0) is 13.3. The summed E-state index contributed by atoms with van der Waals surface area (Å²) >= 11 is 3.36. The van der Waals surface area contributed by atoms with Crippen molar-refractivity contribution >= 4 is 27.3 Å². The molecule has 0 amide bonds. The number of benzene rings is 1. The quantitative estimate of drug-likeness (QED) is 0.687. The minimum atomic E-state index is -0.332. The van der Waals surface area contributed by atoms with Crippen LogP contribution in [0.3, 0.4) is 0 Å². The van der Waals surface area contributed by atoms with Crippen LogP contribution in [0.2, 0.25) is 0 Å². The summed E-state index contributed by atoms with van der Waals surface area (Å²) < 4.78 is 0.854. The molecule has 0 radical (unpaired) electrons. The van der Waals surface area contributed by atoms with Crippen molar-refractivity contribution in [2.75, 3.05) is 18.0 Å². The highest BCUT2D eigenvalue weighted by Crippen LogP contribution is 2.34. The number of halogens is 1. The predicted molar refractivity (Wildman–Crippen MR) is 74.8 cm³/mol. The van der Waals surface area contributed by atoms with Crippen LogP contribution >= 0.6 is 15.9 Å². The third-order valence-corrected chi connectivity index (χ3v) is 3.94. The van der Waals surface area contributed by atoms with Crippen LogP contribution in [0.1, 0.15) is 13.3 Å². The summed E-state index contributed by atoms with van der Waals surface area (Å²) in [6.07, 6.45) is 0.987. The van der Waals surface area contributed by atoms with E-state index >= 15 is 0 Å². The van der Waals surface area contributed by atoms with E-state index in [9.17, 15) is 10.1 Å². The molecule has 2 atom stereocenters. The first-order valence-electron chi connectivity index (χ1n) is 5.93. The molecule has 2 unspecified atom stereocenters. The van der Waals surface area contributed by atoms with Gasteiger partial charge in [-0.2, -0.15) is 0 Å². The van der Waals surface area contributed by atoms with E-state index in [-0.39, 0.29) is 16.7 Å². The SMILES string of the molecule is CC(N)C1CCN(c2cc(Br)ccc2[N+](=O)[O-])C1. The van der Waals surface area contributed by atoms with Crippen LogP contribution in [0.5, 0.6) is 0 Å². The first-order chi connectivity index (χ1) is 8.49. The number of hydrogen-bond donors (Lipinski definition) is 1. The Balaban J connectivity index is 2.28. The first-order valence-corrected chi connectivity index (χ1v) is 6.73. The lowest BCUT2D eigenvalue weighted by atomic mass is 10.0. The normalized spacial score (nSPS) is 21.1. The maximum Gasteiger partial charge on any atom is 0.292 e. The Morgan fingerprint density at radius 2 is 2.33 bits per heavy atom. The summed E-state index contributed by atoms with van der Waals surface area (Å²) in [6.45, 7) is 3.60. The van der Waals surface area contributed by atoms with Gasteiger partial charge in [-0.25, -0.2) is 0 Å². The first kappa shape index (κ1) is 13.3. The van der Waals surface area contributed by atoms with E-state index in [1.54, 1.807) is 12.1 Å². The van der Waals surface area contributed by atoms with Crippen molar-refractivity contribution in [3.05, 3.63) is 32.8 Å². The van der Waals surface area contributed by atoms with Crippen molar-refractivity contribution < 1.29 is 4.92 Å². The van der Waals surface area contributed by atoms with Gasteiger partial charge in [-0.15, -0.1) is 0 Å². The van der Waals surface area contributed by atoms with Crippen molar-refractivity contribution in [2.45, 2.75) is 19.4 Å². The third-order valence-electron chi connectivity index (χ3n) is 3.44. The molecule has 5 nitrogen and oxygen atoms in total.